The molecule has 0 aromatic carbocycles. The molecule has 0 heterocycles. The molecule has 0 saturated heterocycles. The van der Waals surface area contributed by atoms with Crippen molar-refractivity contribution in [1.82, 2.24) is 10.6 Å². The Kier molecular flexibility index (Phi) is 6.39. The molecule has 3 atom stereocenters. The number of amides is 2. The predicted molar refractivity (Wildman–Crippen MR) is 73.9 cm³/mol. The number of aliphatic carboxylic acids is 1. The molecule has 0 radical (unpaired) electrons. The van der Waals surface area contributed by atoms with E-state index in [1.54, 1.807) is 0 Å². The minimum absolute atomic E-state index is 0.0825. The smallest absolute Gasteiger partial charge is 0.326 e. The number of carbonyl (C=O) groups excluding carboxylic acids is 1. The fraction of sp³-hybridized carbons (Fsp3) is 0.714. The average molecular weight is 268 g/mol. The molecule has 0 bridgehead atoms. The van der Waals surface area contributed by atoms with Gasteiger partial charge in [0.25, 0.3) is 0 Å². The van der Waals surface area contributed by atoms with Gasteiger partial charge >= 0.3 is 12.0 Å². The summed E-state index contributed by atoms with van der Waals surface area (Å²) in [6.45, 7) is 4.34. The van der Waals surface area contributed by atoms with Crippen LogP contribution in [-0.2, 0) is 4.79 Å². The lowest BCUT2D eigenvalue weighted by Gasteiger charge is -2.22. The second-order valence-corrected chi connectivity index (χ2v) is 5.21. The van der Waals surface area contributed by atoms with Gasteiger partial charge in [-0.15, -0.1) is 0 Å². The predicted octanol–water partition coefficient (Wildman–Crippen LogP) is 2.14. The normalized spacial score (nSPS) is 21.5. The molecule has 0 fully saturated rings. The van der Waals surface area contributed by atoms with Crippen LogP contribution in [0.15, 0.2) is 12.2 Å². The minimum Gasteiger partial charge on any atom is -0.480 e. The summed E-state index contributed by atoms with van der Waals surface area (Å²) in [5.41, 5.74) is 0. The van der Waals surface area contributed by atoms with E-state index < -0.39 is 12.0 Å². The van der Waals surface area contributed by atoms with E-state index in [1.165, 1.54) is 0 Å². The Morgan fingerprint density at radius 2 is 2.16 bits per heavy atom. The molecule has 5 nitrogen and oxygen atoms in total. The number of carboxylic acids is 1. The molecule has 0 aromatic rings. The van der Waals surface area contributed by atoms with E-state index >= 15 is 0 Å². The Bertz CT molecular complexity index is 342. The van der Waals surface area contributed by atoms with Crippen molar-refractivity contribution in [2.75, 3.05) is 6.54 Å². The Morgan fingerprint density at radius 1 is 1.42 bits per heavy atom. The fourth-order valence-electron chi connectivity index (χ4n) is 2.15. The summed E-state index contributed by atoms with van der Waals surface area (Å²) in [7, 11) is 0. The van der Waals surface area contributed by atoms with Gasteiger partial charge in [0.1, 0.15) is 6.04 Å². The van der Waals surface area contributed by atoms with E-state index in [0.29, 0.717) is 18.9 Å². The summed E-state index contributed by atoms with van der Waals surface area (Å²) in [4.78, 5) is 22.8. The largest absolute Gasteiger partial charge is 0.480 e. The summed E-state index contributed by atoms with van der Waals surface area (Å²) in [6, 6.07) is -1.21. The second-order valence-electron chi connectivity index (χ2n) is 5.21. The van der Waals surface area contributed by atoms with Gasteiger partial charge in [-0.3, -0.25) is 0 Å². The zero-order valence-corrected chi connectivity index (χ0v) is 11.7. The van der Waals surface area contributed by atoms with Gasteiger partial charge in [0.15, 0.2) is 0 Å². The summed E-state index contributed by atoms with van der Waals surface area (Å²) in [5.74, 6) is -0.603. The second kappa shape index (κ2) is 7.81. The van der Waals surface area contributed by atoms with Crippen molar-refractivity contribution in [3.63, 3.8) is 0 Å². The molecule has 2 unspecified atom stereocenters. The highest BCUT2D eigenvalue weighted by atomic mass is 16.4. The van der Waals surface area contributed by atoms with Crippen molar-refractivity contribution in [3.8, 4) is 0 Å². The number of rotatable bonds is 6. The van der Waals surface area contributed by atoms with Crippen molar-refractivity contribution in [2.24, 2.45) is 11.8 Å². The van der Waals surface area contributed by atoms with Gasteiger partial charge in [0, 0.05) is 6.54 Å². The maximum Gasteiger partial charge on any atom is 0.326 e. The number of allylic oxidation sites excluding steroid dienone is 2. The van der Waals surface area contributed by atoms with Crippen molar-refractivity contribution < 1.29 is 14.7 Å². The number of carbonyl (C=O) groups is 2. The molecule has 19 heavy (non-hydrogen) atoms. The van der Waals surface area contributed by atoms with Gasteiger partial charge < -0.3 is 15.7 Å². The molecular formula is C14H24N2O3. The van der Waals surface area contributed by atoms with Gasteiger partial charge in [-0.05, 0) is 31.1 Å². The van der Waals surface area contributed by atoms with Crippen LogP contribution in [0.1, 0.15) is 39.5 Å². The summed E-state index contributed by atoms with van der Waals surface area (Å²) >= 11 is 0. The van der Waals surface area contributed by atoms with Crippen LogP contribution in [0.3, 0.4) is 0 Å². The van der Waals surface area contributed by atoms with Crippen LogP contribution >= 0.6 is 0 Å². The Morgan fingerprint density at radius 3 is 2.68 bits per heavy atom. The van der Waals surface area contributed by atoms with Gasteiger partial charge in [-0.1, -0.05) is 32.4 Å². The minimum atomic E-state index is -0.981. The van der Waals surface area contributed by atoms with Crippen LogP contribution in [0, 0.1) is 11.8 Å². The van der Waals surface area contributed by atoms with Gasteiger partial charge in [0.2, 0.25) is 0 Å². The molecule has 1 aliphatic rings. The molecular weight excluding hydrogens is 244 g/mol. The maximum atomic E-state index is 11.7. The molecule has 0 spiro atoms. The molecule has 0 aliphatic heterocycles. The highest BCUT2D eigenvalue weighted by molar-refractivity contribution is 5.82. The van der Waals surface area contributed by atoms with Crippen molar-refractivity contribution >= 4 is 12.0 Å². The van der Waals surface area contributed by atoms with Crippen LogP contribution in [0.25, 0.3) is 0 Å². The Balaban J connectivity index is 2.35. The lowest BCUT2D eigenvalue weighted by Crippen LogP contribution is -2.49. The van der Waals surface area contributed by atoms with Crippen LogP contribution in [-0.4, -0.2) is 29.7 Å². The first kappa shape index (κ1) is 15.5. The van der Waals surface area contributed by atoms with E-state index in [2.05, 4.69) is 22.8 Å². The van der Waals surface area contributed by atoms with E-state index in [-0.39, 0.29) is 11.9 Å². The van der Waals surface area contributed by atoms with Crippen molar-refractivity contribution in [3.05, 3.63) is 12.2 Å². The zero-order chi connectivity index (χ0) is 14.3. The summed E-state index contributed by atoms with van der Waals surface area (Å²) in [5, 5.41) is 14.4. The van der Waals surface area contributed by atoms with E-state index in [4.69, 9.17) is 5.11 Å². The van der Waals surface area contributed by atoms with Crippen LogP contribution < -0.4 is 10.6 Å². The lowest BCUT2D eigenvalue weighted by molar-refractivity contribution is -0.140. The molecule has 1 aliphatic carbocycles. The molecule has 5 heteroatoms. The molecule has 3 N–H and O–H groups in total. The average Bonchev–Trinajstić information content (AvgIpc) is 2.42. The summed E-state index contributed by atoms with van der Waals surface area (Å²) in [6.07, 6.45) is 8.11. The lowest BCUT2D eigenvalue weighted by atomic mass is 9.94. The maximum absolute atomic E-state index is 11.7. The van der Waals surface area contributed by atoms with Crippen molar-refractivity contribution in [2.45, 2.75) is 45.6 Å². The monoisotopic (exact) mass is 268 g/mol. The number of hydrogen-bond donors (Lipinski definition) is 3. The van der Waals surface area contributed by atoms with Gasteiger partial charge in [-0.2, -0.15) is 0 Å². The highest BCUT2D eigenvalue weighted by Crippen LogP contribution is 2.16. The molecule has 108 valence electrons. The third-order valence-corrected chi connectivity index (χ3v) is 3.69. The SMILES string of the molecule is CCC(C)[C@H](NC(=O)NCC1CC=CCC1)C(=O)O. The Labute approximate surface area is 114 Å². The van der Waals surface area contributed by atoms with Gasteiger partial charge in [-0.25, -0.2) is 9.59 Å². The molecule has 0 saturated carbocycles. The number of carboxylic acid groups (broad SMARTS) is 1. The topological polar surface area (TPSA) is 78.4 Å². The summed E-state index contributed by atoms with van der Waals surface area (Å²) < 4.78 is 0. The first-order valence-corrected chi connectivity index (χ1v) is 6.96. The standard InChI is InChI=1S/C14H24N2O3/c1-3-10(2)12(13(17)18)16-14(19)15-9-11-7-5-4-6-8-11/h4-5,10-12H,3,6-9H2,1-2H3,(H,17,18)(H2,15,16,19)/t10?,11?,12-/m0/s1. The van der Waals surface area contributed by atoms with Crippen LogP contribution in [0.2, 0.25) is 0 Å². The highest BCUT2D eigenvalue weighted by Gasteiger charge is 2.25. The number of hydrogen-bond acceptors (Lipinski definition) is 2. The van der Waals surface area contributed by atoms with Crippen LogP contribution in [0.5, 0.6) is 0 Å². The molecule has 2 amide bonds. The third kappa shape index (κ3) is 5.32. The van der Waals surface area contributed by atoms with Crippen LogP contribution in [0.4, 0.5) is 4.79 Å². The van der Waals surface area contributed by atoms with Gasteiger partial charge in [0.05, 0.1) is 0 Å². The van der Waals surface area contributed by atoms with Crippen molar-refractivity contribution in [1.29, 1.82) is 0 Å². The first-order valence-electron chi connectivity index (χ1n) is 6.96. The molecule has 0 aromatic heterocycles. The zero-order valence-electron chi connectivity index (χ0n) is 11.7. The Hall–Kier alpha value is -1.52. The molecule has 1 rings (SSSR count). The number of urea groups is 1. The quantitative estimate of drug-likeness (QED) is 0.646. The number of nitrogens with one attached hydrogen (secondary N) is 2. The fourth-order valence-corrected chi connectivity index (χ4v) is 2.15. The van der Waals surface area contributed by atoms with E-state index in [1.807, 2.05) is 13.8 Å². The third-order valence-electron chi connectivity index (χ3n) is 3.69. The van der Waals surface area contributed by atoms with E-state index in [9.17, 15) is 9.59 Å². The first-order chi connectivity index (χ1) is 9.04. The van der Waals surface area contributed by atoms with E-state index in [0.717, 1.165) is 19.3 Å².